The van der Waals surface area contributed by atoms with Crippen LogP contribution in [0.5, 0.6) is 5.75 Å². The summed E-state index contributed by atoms with van der Waals surface area (Å²) in [6, 6.07) is 8.71. The van der Waals surface area contributed by atoms with Crippen LogP contribution < -0.4 is 5.32 Å². The van der Waals surface area contributed by atoms with Gasteiger partial charge in [-0.25, -0.2) is 0 Å². The second-order valence-corrected chi connectivity index (χ2v) is 8.74. The Morgan fingerprint density at radius 1 is 1.32 bits per heavy atom. The molecule has 1 aliphatic carbocycles. The van der Waals surface area contributed by atoms with E-state index in [9.17, 15) is 12.6 Å². The van der Waals surface area contributed by atoms with Crippen LogP contribution in [-0.2, 0) is 12.4 Å². The van der Waals surface area contributed by atoms with Crippen LogP contribution in [0.25, 0.3) is 0 Å². The summed E-state index contributed by atoms with van der Waals surface area (Å²) in [5.74, 6) is -0.148. The average molecular weight is 371 g/mol. The summed E-state index contributed by atoms with van der Waals surface area (Å²) in [6.07, 6.45) is 6.26. The van der Waals surface area contributed by atoms with Crippen molar-refractivity contribution >= 4 is 20.1 Å². The first-order valence-corrected chi connectivity index (χ1v) is 9.67. The fourth-order valence-electron chi connectivity index (χ4n) is 1.79. The van der Waals surface area contributed by atoms with Crippen molar-refractivity contribution in [2.45, 2.75) is 17.7 Å². The molecule has 7 nitrogen and oxygen atoms in total. The van der Waals surface area contributed by atoms with E-state index in [4.69, 9.17) is 10.4 Å². The molecule has 0 saturated carbocycles. The van der Waals surface area contributed by atoms with E-state index in [1.165, 1.54) is 19.1 Å². The smallest absolute Gasteiger partial charge is 0.115 e. The van der Waals surface area contributed by atoms with Crippen LogP contribution in [0.15, 0.2) is 54.6 Å². The zero-order valence-electron chi connectivity index (χ0n) is 11.9. The van der Waals surface area contributed by atoms with Crippen molar-refractivity contribution in [1.82, 2.24) is 5.32 Å². The fraction of sp³-hybridized carbons (Fsp3) is 0.214. The van der Waals surface area contributed by atoms with Gasteiger partial charge in [-0.2, -0.15) is 0 Å². The van der Waals surface area contributed by atoms with E-state index >= 15 is 0 Å². The van der Waals surface area contributed by atoms with Gasteiger partial charge in [0.2, 0.25) is 0 Å². The number of hydrogen-bond donors (Lipinski definition) is 4. The van der Waals surface area contributed by atoms with Gasteiger partial charge in [-0.15, -0.1) is 0 Å². The summed E-state index contributed by atoms with van der Waals surface area (Å²) < 4.78 is 23.3. The second-order valence-electron chi connectivity index (χ2n) is 4.53. The molecule has 1 aromatic carbocycles. The summed E-state index contributed by atoms with van der Waals surface area (Å²) >= 11 is -5.02. The maximum Gasteiger partial charge on any atom is 0.115 e. The molecule has 0 heterocycles. The molecular weight excluding hydrogens is 353 g/mol. The van der Waals surface area contributed by atoms with Gasteiger partial charge in [0, 0.05) is 0 Å². The molecule has 4 N–H and O–H groups in total. The first-order valence-electron chi connectivity index (χ1n) is 6.36. The predicted molar refractivity (Wildman–Crippen MR) is 79.9 cm³/mol. The van der Waals surface area contributed by atoms with Gasteiger partial charge in [-0.05, 0) is 12.1 Å². The van der Waals surface area contributed by atoms with Crippen molar-refractivity contribution in [2.24, 2.45) is 0 Å². The Morgan fingerprint density at radius 3 is 2.32 bits per heavy atom. The zero-order chi connectivity index (χ0) is 16.6. The van der Waals surface area contributed by atoms with Crippen LogP contribution in [0.1, 0.15) is 13.3 Å². The molecule has 0 fully saturated rings. The summed E-state index contributed by atoms with van der Waals surface area (Å²) in [4.78, 5) is 11.0. The Bertz CT molecular complexity index is 601. The Labute approximate surface area is 130 Å². The topological polar surface area (TPSA) is 116 Å². The molecule has 2 rings (SSSR count). The Hall–Kier alpha value is -1.79. The third-order valence-corrected chi connectivity index (χ3v) is 6.32. The fourth-order valence-corrected chi connectivity index (χ4v) is 4.00. The molecule has 2 atom stereocenters. The summed E-state index contributed by atoms with van der Waals surface area (Å²) in [6.45, 7) is 1.22. The van der Waals surface area contributed by atoms with E-state index in [0.29, 0.717) is 5.75 Å². The molecule has 1 amide bonds. The average Bonchev–Trinajstić information content (AvgIpc) is 2.49. The van der Waals surface area contributed by atoms with E-state index in [1.807, 2.05) is 6.07 Å². The van der Waals surface area contributed by atoms with Gasteiger partial charge in [0.05, 0.1) is 0 Å². The number of carbonyl (C=O) groups is 1. The van der Waals surface area contributed by atoms with Gasteiger partial charge in [-0.3, -0.25) is 0 Å². The van der Waals surface area contributed by atoms with Gasteiger partial charge < -0.3 is 5.11 Å². The number of phenolic OH excluding ortho intramolecular Hbond substituents is 1. The number of hydrogen-bond acceptors (Lipinski definition) is 5. The quantitative estimate of drug-likeness (QED) is 0.360. The van der Waals surface area contributed by atoms with Gasteiger partial charge in [-0.1, -0.05) is 18.2 Å². The van der Waals surface area contributed by atoms with Crippen molar-refractivity contribution in [3.63, 3.8) is 0 Å². The number of carbonyl (C=O) groups excluding carboxylic acids is 1. The molecule has 2 unspecified atom stereocenters. The molecule has 22 heavy (non-hydrogen) atoms. The monoisotopic (exact) mass is 371 g/mol. The van der Waals surface area contributed by atoms with Crippen LogP contribution in [0.3, 0.4) is 0 Å². The molecule has 8 heteroatoms. The molecule has 120 valence electrons. The number of benzene rings is 1. The van der Waals surface area contributed by atoms with E-state index in [0.717, 1.165) is 0 Å². The molecule has 0 saturated heterocycles. The van der Waals surface area contributed by atoms with Gasteiger partial charge >= 0.3 is 89.1 Å². The Morgan fingerprint density at radius 2 is 1.95 bits per heavy atom. The van der Waals surface area contributed by atoms with Gasteiger partial charge in [0.15, 0.2) is 0 Å². The molecule has 0 radical (unpaired) electrons. The number of nitrogens with one attached hydrogen (secondary N) is 1. The predicted octanol–water partition coefficient (Wildman–Crippen LogP) is 1.16. The number of para-hydroxylation sites is 1. The van der Waals surface area contributed by atoms with Crippen molar-refractivity contribution < 1.29 is 26.9 Å². The number of rotatable bonds is 3. The minimum Gasteiger partial charge on any atom is -0.508 e. The maximum atomic E-state index is 11.6. The van der Waals surface area contributed by atoms with E-state index in [1.54, 1.807) is 36.4 Å². The van der Waals surface area contributed by atoms with Crippen molar-refractivity contribution in [2.75, 3.05) is 0 Å². The first-order chi connectivity index (χ1) is 10.3. The summed E-state index contributed by atoms with van der Waals surface area (Å²) in [7, 11) is 0. The van der Waals surface area contributed by atoms with Crippen LogP contribution in [0.2, 0.25) is 0 Å². The minimum atomic E-state index is -5.02. The summed E-state index contributed by atoms with van der Waals surface area (Å²) in [5.41, 5.74) is 0. The number of aromatic hydroxyl groups is 1. The minimum absolute atomic E-state index is 0.108. The normalized spacial score (nSPS) is 22.1. The van der Waals surface area contributed by atoms with Crippen LogP contribution in [0.4, 0.5) is 0 Å². The standard InChI is InChI=1S/C8H12AsNO5.C6H6O/c1-7(11)10-8(9(12,13)15-14)5-3-2-4-6-8;7-6-4-2-1-3-5-6/h2-5,14H,6H2,1H3,(H,10,11)(H,12,13);1-5,7H. The van der Waals surface area contributed by atoms with Crippen molar-refractivity contribution in [3.05, 3.63) is 54.6 Å². The van der Waals surface area contributed by atoms with E-state index < -0.39 is 24.4 Å². The Balaban J connectivity index is 0.000000287. The maximum absolute atomic E-state index is 11.6. The zero-order valence-corrected chi connectivity index (χ0v) is 13.8. The van der Waals surface area contributed by atoms with E-state index in [2.05, 4.69) is 9.19 Å². The third kappa shape index (κ3) is 4.89. The van der Waals surface area contributed by atoms with Crippen molar-refractivity contribution in [1.29, 1.82) is 0 Å². The van der Waals surface area contributed by atoms with Crippen LogP contribution in [0, 0.1) is 0 Å². The first kappa shape index (κ1) is 18.3. The molecule has 0 aliphatic heterocycles. The molecule has 0 aromatic heterocycles. The van der Waals surface area contributed by atoms with Gasteiger partial charge in [0.1, 0.15) is 5.75 Å². The molecule has 0 bridgehead atoms. The van der Waals surface area contributed by atoms with Crippen LogP contribution >= 0.6 is 0 Å². The number of amides is 1. The van der Waals surface area contributed by atoms with Crippen molar-refractivity contribution in [3.8, 4) is 5.75 Å². The van der Waals surface area contributed by atoms with E-state index in [-0.39, 0.29) is 6.42 Å². The molecular formula is C14H18AsNO6. The molecule has 0 spiro atoms. The molecule has 1 aromatic rings. The largest absolute Gasteiger partial charge is 0.508 e. The second kappa shape index (κ2) is 8.00. The molecule has 1 aliphatic rings. The number of phenols is 1. The third-order valence-electron chi connectivity index (χ3n) is 2.81. The number of allylic oxidation sites excluding steroid dienone is 2. The summed E-state index contributed by atoms with van der Waals surface area (Å²) in [5, 5.41) is 19.4. The van der Waals surface area contributed by atoms with Gasteiger partial charge in [0.25, 0.3) is 0 Å². The van der Waals surface area contributed by atoms with Crippen LogP contribution in [-0.4, -0.2) is 38.9 Å². The SMILES string of the molecule is CC(=O)NC1([As](=O)(O)OO)C=CC=CC1.Oc1ccccc1. The Kier molecular flexibility index (Phi) is 6.64.